The topological polar surface area (TPSA) is 133 Å². The van der Waals surface area contributed by atoms with Crippen molar-refractivity contribution < 1.29 is 28.3 Å². The van der Waals surface area contributed by atoms with Gasteiger partial charge in [0, 0.05) is 23.8 Å². The molecule has 0 aliphatic carbocycles. The first-order valence-corrected chi connectivity index (χ1v) is 9.58. The summed E-state index contributed by atoms with van der Waals surface area (Å²) in [6.45, 7) is 2.52. The Balaban J connectivity index is 3.05. The van der Waals surface area contributed by atoms with Crippen molar-refractivity contribution >= 4 is 21.7 Å². The molecule has 8 nitrogen and oxygen atoms in total. The van der Waals surface area contributed by atoms with Crippen LogP contribution < -0.4 is 10.8 Å². The Morgan fingerprint density at radius 2 is 1.81 bits per heavy atom. The van der Waals surface area contributed by atoms with Crippen LogP contribution in [0.5, 0.6) is 0 Å². The monoisotopic (exact) mass is 382 g/mol. The summed E-state index contributed by atoms with van der Waals surface area (Å²) in [6, 6.07) is 4.61. The van der Waals surface area contributed by atoms with E-state index in [0.717, 1.165) is 6.26 Å². The molecular weight excluding hydrogens is 360 g/mol. The normalized spacial score (nSPS) is 12.5. The molecule has 1 rings (SSSR count). The highest BCUT2D eigenvalue weighted by Crippen LogP contribution is 2.21. The minimum Gasteiger partial charge on any atom is -0.395 e. The van der Waals surface area contributed by atoms with E-state index in [1.807, 2.05) is 0 Å². The summed E-state index contributed by atoms with van der Waals surface area (Å²) in [7, 11) is -3.73. The number of rotatable bonds is 6. The molecule has 2 amide bonds. The molecule has 0 aliphatic rings. The number of carbonyl (C=O) groups excluding carboxylic acids is 2. The lowest BCUT2D eigenvalue weighted by Crippen LogP contribution is -2.60. The summed E-state index contributed by atoms with van der Waals surface area (Å²) in [4.78, 5) is 24.3. The maximum absolute atomic E-state index is 12.4. The van der Waals surface area contributed by atoms with Crippen LogP contribution in [0, 0.1) is 11.8 Å². The smallest absolute Gasteiger partial charge is 0.267 e. The Bertz CT molecular complexity index is 819. The third-order valence-electron chi connectivity index (χ3n) is 3.92. The molecule has 4 N–H and O–H groups in total. The van der Waals surface area contributed by atoms with E-state index in [1.165, 1.54) is 31.5 Å². The van der Waals surface area contributed by atoms with Crippen LogP contribution in [0.4, 0.5) is 0 Å². The zero-order valence-corrected chi connectivity index (χ0v) is 15.6. The summed E-state index contributed by atoms with van der Waals surface area (Å²) in [5, 5.41) is 19.9. The second-order valence-corrected chi connectivity index (χ2v) is 8.71. The summed E-state index contributed by atoms with van der Waals surface area (Å²) < 4.78 is 22.3. The molecule has 1 aromatic carbocycles. The molecule has 0 aromatic heterocycles. The lowest BCUT2D eigenvalue weighted by Gasteiger charge is -2.31. The van der Waals surface area contributed by atoms with Gasteiger partial charge in [0.1, 0.15) is 6.04 Å². The summed E-state index contributed by atoms with van der Waals surface area (Å²) >= 11 is 0. The van der Waals surface area contributed by atoms with Crippen molar-refractivity contribution in [3.05, 3.63) is 35.4 Å². The van der Waals surface area contributed by atoms with Gasteiger partial charge in [0.2, 0.25) is 0 Å². The molecule has 0 spiro atoms. The zero-order valence-electron chi connectivity index (χ0n) is 14.7. The predicted octanol–water partition coefficient (Wildman–Crippen LogP) is -0.152. The number of aliphatic hydroxyl groups is 1. The predicted molar refractivity (Wildman–Crippen MR) is 95.1 cm³/mol. The first kappa shape index (κ1) is 21.6. The van der Waals surface area contributed by atoms with Crippen LogP contribution in [-0.4, -0.2) is 54.2 Å². The molecule has 26 heavy (non-hydrogen) atoms. The Morgan fingerprint density at radius 3 is 2.27 bits per heavy atom. The van der Waals surface area contributed by atoms with Gasteiger partial charge >= 0.3 is 0 Å². The minimum absolute atomic E-state index is 0.0437. The van der Waals surface area contributed by atoms with E-state index in [1.54, 1.807) is 12.1 Å². The van der Waals surface area contributed by atoms with Crippen LogP contribution in [0.3, 0.4) is 0 Å². The lowest BCUT2D eigenvalue weighted by molar-refractivity contribution is -0.131. The zero-order chi connectivity index (χ0) is 20.0. The van der Waals surface area contributed by atoms with Crippen molar-refractivity contribution in [2.75, 3.05) is 12.9 Å². The van der Waals surface area contributed by atoms with E-state index in [2.05, 4.69) is 17.2 Å². The highest BCUT2D eigenvalue weighted by Gasteiger charge is 2.44. The van der Waals surface area contributed by atoms with Crippen molar-refractivity contribution in [2.45, 2.75) is 31.1 Å². The second-order valence-electron chi connectivity index (χ2n) is 6.11. The van der Waals surface area contributed by atoms with Crippen LogP contribution in [0.2, 0.25) is 0 Å². The van der Waals surface area contributed by atoms with Crippen molar-refractivity contribution in [1.82, 2.24) is 10.8 Å². The third kappa shape index (κ3) is 5.29. The van der Waals surface area contributed by atoms with E-state index in [4.69, 9.17) is 10.3 Å². The molecule has 0 unspecified atom stereocenters. The van der Waals surface area contributed by atoms with Gasteiger partial charge in [-0.2, -0.15) is 0 Å². The van der Waals surface area contributed by atoms with Crippen molar-refractivity contribution in [3.63, 3.8) is 0 Å². The average molecular weight is 382 g/mol. The standard InChI is InChI=1S/C17H22N2O6S/c1-17(2,26(3,24)25)14(16(22)19-23)18-15(21)13-9-7-12(8-10-13)6-4-5-11-20/h7-10,14,20,23H,5,11H2,1-3H3,(H,18,21)(H,19,22)/t14-/m1/s1. The molecule has 0 saturated heterocycles. The van der Waals surface area contributed by atoms with Crippen LogP contribution in [0.15, 0.2) is 24.3 Å². The van der Waals surface area contributed by atoms with Gasteiger partial charge in [0.05, 0.1) is 11.4 Å². The molecule has 0 radical (unpaired) electrons. The second kappa shape index (κ2) is 8.80. The Morgan fingerprint density at radius 1 is 1.23 bits per heavy atom. The SMILES string of the molecule is CC(C)([C@H](NC(=O)c1ccc(C#CCCO)cc1)C(=O)NO)S(C)(=O)=O. The number of hydrogen-bond donors (Lipinski definition) is 4. The van der Waals surface area contributed by atoms with Crippen LogP contribution >= 0.6 is 0 Å². The fourth-order valence-electron chi connectivity index (χ4n) is 1.97. The Labute approximate surface area is 152 Å². The molecule has 0 aliphatic heterocycles. The van der Waals surface area contributed by atoms with Gasteiger partial charge < -0.3 is 10.4 Å². The largest absolute Gasteiger partial charge is 0.395 e. The maximum atomic E-state index is 12.4. The number of sulfone groups is 1. The Hall–Kier alpha value is -2.41. The molecule has 1 aromatic rings. The molecule has 0 bridgehead atoms. The van der Waals surface area contributed by atoms with Crippen molar-refractivity contribution in [1.29, 1.82) is 0 Å². The molecular formula is C17H22N2O6S. The Kier molecular flexibility index (Phi) is 7.32. The van der Waals surface area contributed by atoms with E-state index < -0.39 is 32.4 Å². The fourth-order valence-corrected chi connectivity index (χ4v) is 2.57. The summed E-state index contributed by atoms with van der Waals surface area (Å²) in [5.74, 6) is 3.83. The number of nitrogens with one attached hydrogen (secondary N) is 2. The van der Waals surface area contributed by atoms with Crippen molar-refractivity contribution in [3.8, 4) is 11.8 Å². The maximum Gasteiger partial charge on any atom is 0.267 e. The van der Waals surface area contributed by atoms with Gasteiger partial charge in [-0.05, 0) is 38.1 Å². The summed E-state index contributed by atoms with van der Waals surface area (Å²) in [5.41, 5.74) is 2.21. The first-order chi connectivity index (χ1) is 12.0. The minimum atomic E-state index is -3.73. The van der Waals surface area contributed by atoms with Gasteiger partial charge in [0.15, 0.2) is 9.84 Å². The number of aliphatic hydroxyl groups excluding tert-OH is 1. The van der Waals surface area contributed by atoms with E-state index in [9.17, 15) is 18.0 Å². The first-order valence-electron chi connectivity index (χ1n) is 7.68. The molecule has 142 valence electrons. The van der Waals surface area contributed by atoms with E-state index in [-0.39, 0.29) is 12.2 Å². The van der Waals surface area contributed by atoms with E-state index in [0.29, 0.717) is 12.0 Å². The quantitative estimate of drug-likeness (QED) is 0.307. The molecule has 0 saturated carbocycles. The molecule has 9 heteroatoms. The molecule has 0 fully saturated rings. The number of benzene rings is 1. The summed E-state index contributed by atoms with van der Waals surface area (Å²) in [6.07, 6.45) is 1.28. The highest BCUT2D eigenvalue weighted by atomic mass is 32.2. The molecule has 0 heterocycles. The van der Waals surface area contributed by atoms with Crippen LogP contribution in [-0.2, 0) is 14.6 Å². The molecule has 1 atom stereocenters. The number of hydroxylamine groups is 1. The van der Waals surface area contributed by atoms with Gasteiger partial charge in [-0.15, -0.1) is 0 Å². The van der Waals surface area contributed by atoms with Gasteiger partial charge in [-0.3, -0.25) is 14.8 Å². The average Bonchev–Trinajstić information content (AvgIpc) is 2.58. The number of amides is 2. The van der Waals surface area contributed by atoms with Crippen LogP contribution in [0.25, 0.3) is 0 Å². The van der Waals surface area contributed by atoms with Crippen molar-refractivity contribution in [2.24, 2.45) is 0 Å². The lowest BCUT2D eigenvalue weighted by atomic mass is 10.0. The van der Waals surface area contributed by atoms with Crippen LogP contribution in [0.1, 0.15) is 36.2 Å². The highest BCUT2D eigenvalue weighted by molar-refractivity contribution is 7.92. The number of carbonyl (C=O) groups is 2. The van der Waals surface area contributed by atoms with E-state index >= 15 is 0 Å². The van der Waals surface area contributed by atoms with Gasteiger partial charge in [-0.25, -0.2) is 13.9 Å². The van der Waals surface area contributed by atoms with Gasteiger partial charge in [-0.1, -0.05) is 11.8 Å². The number of hydrogen-bond acceptors (Lipinski definition) is 6. The third-order valence-corrected chi connectivity index (χ3v) is 6.06. The van der Waals surface area contributed by atoms with Gasteiger partial charge in [0.25, 0.3) is 11.8 Å². The fraction of sp³-hybridized carbons (Fsp3) is 0.412.